The third-order valence-corrected chi connectivity index (χ3v) is 5.69. The summed E-state index contributed by atoms with van der Waals surface area (Å²) >= 11 is 0. The summed E-state index contributed by atoms with van der Waals surface area (Å²) in [7, 11) is 0. The van der Waals surface area contributed by atoms with Gasteiger partial charge in [0.25, 0.3) is 5.56 Å². The van der Waals surface area contributed by atoms with Gasteiger partial charge in [0.15, 0.2) is 5.69 Å². The van der Waals surface area contributed by atoms with Crippen molar-refractivity contribution in [3.05, 3.63) is 63.6 Å². The predicted molar refractivity (Wildman–Crippen MR) is 116 cm³/mol. The first-order valence-corrected chi connectivity index (χ1v) is 10.6. The lowest BCUT2D eigenvalue weighted by atomic mass is 10.1. The predicted octanol–water partition coefficient (Wildman–Crippen LogP) is 4.11. The Morgan fingerprint density at radius 2 is 1.85 bits per heavy atom. The number of nitrogens with zero attached hydrogens (tertiary/aromatic N) is 4. The number of halogens is 4. The van der Waals surface area contributed by atoms with Crippen LogP contribution in [0.3, 0.4) is 0 Å². The number of piperidine rings is 1. The van der Waals surface area contributed by atoms with Gasteiger partial charge in [-0.25, -0.2) is 14.8 Å². The van der Waals surface area contributed by atoms with Crippen LogP contribution in [-0.4, -0.2) is 38.5 Å². The van der Waals surface area contributed by atoms with E-state index in [0.717, 1.165) is 41.9 Å². The number of anilines is 2. The van der Waals surface area contributed by atoms with E-state index in [1.165, 1.54) is 13.0 Å². The average Bonchev–Trinajstić information content (AvgIpc) is 2.79. The number of rotatable bonds is 5. The molecule has 8 nitrogen and oxygen atoms in total. The van der Waals surface area contributed by atoms with Crippen LogP contribution in [0.25, 0.3) is 5.65 Å². The molecule has 0 aromatic carbocycles. The fourth-order valence-corrected chi connectivity index (χ4v) is 4.00. The van der Waals surface area contributed by atoms with E-state index in [-0.39, 0.29) is 16.9 Å². The molecule has 4 rings (SSSR count). The highest BCUT2D eigenvalue weighted by molar-refractivity contribution is 5.92. The van der Waals surface area contributed by atoms with Gasteiger partial charge in [0.1, 0.15) is 11.5 Å². The second-order valence-electron chi connectivity index (χ2n) is 8.08. The van der Waals surface area contributed by atoms with Gasteiger partial charge in [-0.1, -0.05) is 0 Å². The summed E-state index contributed by atoms with van der Waals surface area (Å²) in [5.74, 6) is -2.16. The van der Waals surface area contributed by atoms with Crippen LogP contribution in [0.5, 0.6) is 0 Å². The standard InChI is InChI=1S/C22H21F4N5O3/c1-12(27-15-5-6-16(23)28-19(15)21(33)34)14-9-13(22(24,25)26)11-31-18(32)10-17(29-20(14)31)30-7-3-2-4-8-30/h5-6,9-12,27H,2-4,7-8H2,1H3,(H,33,34)/t12-/m1/s1. The number of aromatic carboxylic acids is 1. The van der Waals surface area contributed by atoms with Gasteiger partial charge in [-0.05, 0) is 44.4 Å². The van der Waals surface area contributed by atoms with Crippen LogP contribution in [0.1, 0.15) is 53.8 Å². The lowest BCUT2D eigenvalue weighted by molar-refractivity contribution is -0.137. The van der Waals surface area contributed by atoms with Gasteiger partial charge in [0, 0.05) is 30.9 Å². The van der Waals surface area contributed by atoms with Crippen LogP contribution in [-0.2, 0) is 6.18 Å². The Kier molecular flexibility index (Phi) is 6.15. The molecule has 0 bridgehead atoms. The van der Waals surface area contributed by atoms with Crippen molar-refractivity contribution in [2.75, 3.05) is 23.3 Å². The minimum atomic E-state index is -4.74. The Morgan fingerprint density at radius 3 is 2.50 bits per heavy atom. The van der Waals surface area contributed by atoms with Gasteiger partial charge in [-0.2, -0.15) is 17.6 Å². The van der Waals surface area contributed by atoms with Gasteiger partial charge in [-0.3, -0.25) is 9.20 Å². The monoisotopic (exact) mass is 479 g/mol. The lowest BCUT2D eigenvalue weighted by Gasteiger charge is -2.28. The fraction of sp³-hybridized carbons (Fsp3) is 0.364. The maximum atomic E-state index is 13.6. The number of alkyl halides is 3. The summed E-state index contributed by atoms with van der Waals surface area (Å²) < 4.78 is 55.1. The molecule has 0 radical (unpaired) electrons. The zero-order valence-corrected chi connectivity index (χ0v) is 18.1. The van der Waals surface area contributed by atoms with Crippen LogP contribution in [0.2, 0.25) is 0 Å². The zero-order valence-electron chi connectivity index (χ0n) is 18.1. The van der Waals surface area contributed by atoms with E-state index in [1.54, 1.807) is 0 Å². The molecule has 0 amide bonds. The zero-order chi connectivity index (χ0) is 24.6. The second kappa shape index (κ2) is 8.92. The number of hydrogen-bond donors (Lipinski definition) is 2. The van der Waals surface area contributed by atoms with Crippen molar-refractivity contribution < 1.29 is 27.5 Å². The molecule has 12 heteroatoms. The van der Waals surface area contributed by atoms with Gasteiger partial charge >= 0.3 is 12.1 Å². The molecule has 1 aliphatic rings. The van der Waals surface area contributed by atoms with Crippen LogP contribution in [0.15, 0.2) is 35.3 Å². The Hall–Kier alpha value is -3.70. The highest BCUT2D eigenvalue weighted by Gasteiger charge is 2.33. The number of aromatic nitrogens is 3. The summed E-state index contributed by atoms with van der Waals surface area (Å²) in [5, 5.41) is 12.1. The van der Waals surface area contributed by atoms with Crippen molar-refractivity contribution in [3.63, 3.8) is 0 Å². The summed E-state index contributed by atoms with van der Waals surface area (Å²) in [6.45, 7) is 2.84. The molecule has 180 valence electrons. The molecule has 2 N–H and O–H groups in total. The summed E-state index contributed by atoms with van der Waals surface area (Å²) in [6, 6.07) is 3.22. The molecular formula is C22H21F4N5O3. The molecule has 1 atom stereocenters. The second-order valence-corrected chi connectivity index (χ2v) is 8.08. The highest BCUT2D eigenvalue weighted by Crippen LogP contribution is 2.33. The summed E-state index contributed by atoms with van der Waals surface area (Å²) in [6.07, 6.45) is -1.18. The summed E-state index contributed by atoms with van der Waals surface area (Å²) in [4.78, 5) is 34.0. The van der Waals surface area contributed by atoms with E-state index in [9.17, 15) is 32.3 Å². The van der Waals surface area contributed by atoms with E-state index in [4.69, 9.17) is 0 Å². The van der Waals surface area contributed by atoms with E-state index < -0.39 is 41.0 Å². The summed E-state index contributed by atoms with van der Waals surface area (Å²) in [5.41, 5.74) is -2.41. The van der Waals surface area contributed by atoms with Crippen LogP contribution in [0.4, 0.5) is 29.1 Å². The van der Waals surface area contributed by atoms with E-state index in [2.05, 4.69) is 15.3 Å². The van der Waals surface area contributed by atoms with Crippen molar-refractivity contribution in [1.82, 2.24) is 14.4 Å². The first kappa shape index (κ1) is 23.5. The van der Waals surface area contributed by atoms with Gasteiger partial charge in [0.05, 0.1) is 17.3 Å². The minimum Gasteiger partial charge on any atom is -0.476 e. The van der Waals surface area contributed by atoms with Crippen molar-refractivity contribution in [2.45, 2.75) is 38.4 Å². The highest BCUT2D eigenvalue weighted by atomic mass is 19.4. The number of pyridine rings is 2. The molecule has 0 saturated carbocycles. The first-order valence-electron chi connectivity index (χ1n) is 10.6. The number of carbonyl (C=O) groups is 1. The third-order valence-electron chi connectivity index (χ3n) is 5.69. The number of nitrogens with one attached hydrogen (secondary N) is 1. The molecule has 0 aliphatic carbocycles. The van der Waals surface area contributed by atoms with Crippen molar-refractivity contribution in [1.29, 1.82) is 0 Å². The maximum Gasteiger partial charge on any atom is 0.417 e. The Balaban J connectivity index is 1.86. The number of hydrogen-bond acceptors (Lipinski definition) is 6. The Labute approximate surface area is 190 Å². The largest absolute Gasteiger partial charge is 0.476 e. The van der Waals surface area contributed by atoms with Crippen molar-refractivity contribution in [2.24, 2.45) is 0 Å². The number of fused-ring (bicyclic) bond motifs is 1. The molecule has 3 aromatic heterocycles. The molecule has 0 spiro atoms. The van der Waals surface area contributed by atoms with E-state index in [1.807, 2.05) is 4.90 Å². The molecular weight excluding hydrogens is 458 g/mol. The van der Waals surface area contributed by atoms with Gasteiger partial charge in [-0.15, -0.1) is 0 Å². The first-order chi connectivity index (χ1) is 16.0. The number of carboxylic acid groups (broad SMARTS) is 1. The van der Waals surface area contributed by atoms with Crippen LogP contribution in [0, 0.1) is 5.95 Å². The normalized spacial score (nSPS) is 15.4. The molecule has 1 aliphatic heterocycles. The van der Waals surface area contributed by atoms with Gasteiger partial charge in [0.2, 0.25) is 5.95 Å². The SMILES string of the molecule is C[C@@H](Nc1ccc(F)nc1C(=O)O)c1cc(C(F)(F)F)cn2c(=O)cc(N3CCCCC3)nc12. The maximum absolute atomic E-state index is 13.6. The van der Waals surface area contributed by atoms with E-state index >= 15 is 0 Å². The average molecular weight is 479 g/mol. The molecule has 34 heavy (non-hydrogen) atoms. The number of carboxylic acids is 1. The quantitative estimate of drug-likeness (QED) is 0.420. The van der Waals surface area contributed by atoms with Crippen molar-refractivity contribution >= 4 is 23.1 Å². The topological polar surface area (TPSA) is 99.8 Å². The molecule has 3 aromatic rings. The minimum absolute atomic E-state index is 0.00743. The van der Waals surface area contributed by atoms with E-state index in [0.29, 0.717) is 25.1 Å². The smallest absolute Gasteiger partial charge is 0.417 e. The van der Waals surface area contributed by atoms with Crippen molar-refractivity contribution in [3.8, 4) is 0 Å². The molecule has 1 saturated heterocycles. The Morgan fingerprint density at radius 1 is 1.15 bits per heavy atom. The Bertz CT molecular complexity index is 1300. The lowest BCUT2D eigenvalue weighted by Crippen LogP contribution is -2.32. The molecule has 4 heterocycles. The molecule has 0 unspecified atom stereocenters. The van der Waals surface area contributed by atoms with Crippen LogP contribution < -0.4 is 15.8 Å². The van der Waals surface area contributed by atoms with Crippen LogP contribution >= 0.6 is 0 Å². The third kappa shape index (κ3) is 4.66. The van der Waals surface area contributed by atoms with Gasteiger partial charge < -0.3 is 15.3 Å². The molecule has 1 fully saturated rings. The fourth-order valence-electron chi connectivity index (χ4n) is 4.00.